The molecular formula is C32H39NO4. The topological polar surface area (TPSA) is 64.6 Å². The fourth-order valence-corrected chi connectivity index (χ4v) is 4.48. The minimum Gasteiger partial charge on any atom is -0.489 e. The highest BCUT2D eigenvalue weighted by molar-refractivity contribution is 5.96. The Balaban J connectivity index is 1.88. The zero-order valence-corrected chi connectivity index (χ0v) is 22.9. The fourth-order valence-electron chi connectivity index (χ4n) is 4.48. The van der Waals surface area contributed by atoms with Gasteiger partial charge in [-0.05, 0) is 74.4 Å². The number of carbonyl (C=O) groups excluding carboxylic acids is 2. The standard InChI is InChI=1S/C32H39NO4/c1-21(2)15-30(27-17-23(4)16-24(5)18-27)33-32(35)29-19-25(9-10-26(29)11-14-31(34)36-6)20-37-28-12-7-22(3)8-13-28/h7-10,12-13,16-19,21,30H,11,14-15,20H2,1-6H3,(H,33,35). The zero-order valence-electron chi connectivity index (χ0n) is 22.9. The lowest BCUT2D eigenvalue weighted by atomic mass is 9.93. The van der Waals surface area contributed by atoms with Crippen LogP contribution < -0.4 is 10.1 Å². The minimum atomic E-state index is -0.300. The van der Waals surface area contributed by atoms with Crippen LogP contribution in [0, 0.1) is 26.7 Å². The molecule has 3 aromatic rings. The van der Waals surface area contributed by atoms with Crippen molar-refractivity contribution in [3.63, 3.8) is 0 Å². The van der Waals surface area contributed by atoms with Gasteiger partial charge in [0.25, 0.3) is 5.91 Å². The predicted octanol–water partition coefficient (Wildman–Crippen LogP) is 6.81. The summed E-state index contributed by atoms with van der Waals surface area (Å²) in [5, 5.41) is 3.29. The van der Waals surface area contributed by atoms with E-state index in [9.17, 15) is 9.59 Å². The van der Waals surface area contributed by atoms with Crippen LogP contribution in [0.25, 0.3) is 0 Å². The van der Waals surface area contributed by atoms with Gasteiger partial charge in [-0.2, -0.15) is 0 Å². The van der Waals surface area contributed by atoms with E-state index in [0.717, 1.165) is 28.9 Å². The molecule has 0 bridgehead atoms. The summed E-state index contributed by atoms with van der Waals surface area (Å²) in [5.74, 6) is 0.727. The molecule has 0 aliphatic rings. The van der Waals surface area contributed by atoms with Crippen molar-refractivity contribution < 1.29 is 19.1 Å². The van der Waals surface area contributed by atoms with Crippen LogP contribution in [0.2, 0.25) is 0 Å². The van der Waals surface area contributed by atoms with Gasteiger partial charge in [0, 0.05) is 12.0 Å². The van der Waals surface area contributed by atoms with E-state index in [1.165, 1.54) is 23.8 Å². The van der Waals surface area contributed by atoms with E-state index in [2.05, 4.69) is 51.2 Å². The molecule has 1 N–H and O–H groups in total. The highest BCUT2D eigenvalue weighted by Crippen LogP contribution is 2.25. The number of esters is 1. The monoisotopic (exact) mass is 501 g/mol. The predicted molar refractivity (Wildman–Crippen MR) is 148 cm³/mol. The summed E-state index contributed by atoms with van der Waals surface area (Å²) in [4.78, 5) is 25.5. The van der Waals surface area contributed by atoms with Gasteiger partial charge in [-0.25, -0.2) is 0 Å². The Labute approximate surface area is 221 Å². The van der Waals surface area contributed by atoms with Gasteiger partial charge in [0.1, 0.15) is 12.4 Å². The third-order valence-electron chi connectivity index (χ3n) is 6.33. The highest BCUT2D eigenvalue weighted by atomic mass is 16.5. The van der Waals surface area contributed by atoms with Gasteiger partial charge < -0.3 is 14.8 Å². The van der Waals surface area contributed by atoms with Crippen molar-refractivity contribution in [3.8, 4) is 5.75 Å². The lowest BCUT2D eigenvalue weighted by Crippen LogP contribution is -2.30. The highest BCUT2D eigenvalue weighted by Gasteiger charge is 2.21. The largest absolute Gasteiger partial charge is 0.489 e. The zero-order chi connectivity index (χ0) is 26.9. The van der Waals surface area contributed by atoms with Gasteiger partial charge in [0.15, 0.2) is 0 Å². The van der Waals surface area contributed by atoms with Gasteiger partial charge >= 0.3 is 5.97 Å². The lowest BCUT2D eigenvalue weighted by molar-refractivity contribution is -0.140. The van der Waals surface area contributed by atoms with Gasteiger partial charge in [0.05, 0.1) is 13.2 Å². The van der Waals surface area contributed by atoms with Crippen LogP contribution in [0.15, 0.2) is 60.7 Å². The van der Waals surface area contributed by atoms with Crippen LogP contribution in [0.1, 0.15) is 76.5 Å². The summed E-state index contributed by atoms with van der Waals surface area (Å²) in [6, 6.07) is 19.9. The Bertz CT molecular complexity index is 1190. The second-order valence-corrected chi connectivity index (χ2v) is 10.2. The molecule has 196 valence electrons. The van der Waals surface area contributed by atoms with Gasteiger partial charge in [0.2, 0.25) is 0 Å². The normalized spacial score (nSPS) is 11.8. The average Bonchev–Trinajstić information content (AvgIpc) is 2.85. The molecule has 1 atom stereocenters. The van der Waals surface area contributed by atoms with Crippen molar-refractivity contribution in [2.75, 3.05) is 7.11 Å². The first-order valence-corrected chi connectivity index (χ1v) is 12.9. The Hall–Kier alpha value is -3.60. The molecule has 0 aromatic heterocycles. The summed E-state index contributed by atoms with van der Waals surface area (Å²) >= 11 is 0. The van der Waals surface area contributed by atoms with E-state index in [4.69, 9.17) is 9.47 Å². The molecule has 1 amide bonds. The molecule has 37 heavy (non-hydrogen) atoms. The summed E-state index contributed by atoms with van der Waals surface area (Å²) in [7, 11) is 1.38. The SMILES string of the molecule is COC(=O)CCc1ccc(COc2ccc(C)cc2)cc1C(=O)NC(CC(C)C)c1cc(C)cc(C)c1. The molecule has 3 rings (SSSR count). The van der Waals surface area contributed by atoms with Crippen LogP contribution in [0.5, 0.6) is 5.75 Å². The van der Waals surface area contributed by atoms with E-state index in [-0.39, 0.29) is 24.3 Å². The van der Waals surface area contributed by atoms with E-state index >= 15 is 0 Å². The second kappa shape index (κ2) is 13.1. The molecular weight excluding hydrogens is 462 g/mol. The molecule has 1 unspecified atom stereocenters. The molecule has 0 saturated carbocycles. The molecule has 0 spiro atoms. The Morgan fingerprint density at radius 1 is 0.865 bits per heavy atom. The molecule has 5 nitrogen and oxygen atoms in total. The third kappa shape index (κ3) is 8.49. The van der Waals surface area contributed by atoms with Crippen LogP contribution in [0.3, 0.4) is 0 Å². The fraction of sp³-hybridized carbons (Fsp3) is 0.375. The number of carbonyl (C=O) groups is 2. The summed E-state index contributed by atoms with van der Waals surface area (Å²) in [6.45, 7) is 10.8. The first-order chi connectivity index (χ1) is 17.6. The maximum atomic E-state index is 13.7. The van der Waals surface area contributed by atoms with E-state index < -0.39 is 0 Å². The first-order valence-electron chi connectivity index (χ1n) is 12.9. The van der Waals surface area contributed by atoms with Crippen LogP contribution in [-0.2, 0) is 22.6 Å². The van der Waals surface area contributed by atoms with E-state index in [0.29, 0.717) is 24.5 Å². The van der Waals surface area contributed by atoms with Crippen molar-refractivity contribution in [1.29, 1.82) is 0 Å². The van der Waals surface area contributed by atoms with Gasteiger partial charge in [-0.1, -0.05) is 73.0 Å². The number of rotatable bonds is 11. The summed E-state index contributed by atoms with van der Waals surface area (Å²) < 4.78 is 10.8. The Kier molecular flexibility index (Phi) is 9.90. The first kappa shape index (κ1) is 28.0. The average molecular weight is 502 g/mol. The molecule has 0 radical (unpaired) electrons. The molecule has 5 heteroatoms. The molecule has 0 aliphatic heterocycles. The number of hydrogen-bond donors (Lipinski definition) is 1. The minimum absolute atomic E-state index is 0.118. The van der Waals surface area contributed by atoms with Crippen LogP contribution in [-0.4, -0.2) is 19.0 Å². The van der Waals surface area contributed by atoms with Gasteiger partial charge in [-0.3, -0.25) is 9.59 Å². The molecule has 0 fully saturated rings. The molecule has 0 aliphatic carbocycles. The third-order valence-corrected chi connectivity index (χ3v) is 6.33. The number of methoxy groups -OCH3 is 1. The Morgan fingerprint density at radius 3 is 2.16 bits per heavy atom. The number of ether oxygens (including phenoxy) is 2. The maximum Gasteiger partial charge on any atom is 0.305 e. The van der Waals surface area contributed by atoms with Crippen LogP contribution in [0.4, 0.5) is 0 Å². The van der Waals surface area contributed by atoms with Crippen molar-refractivity contribution in [1.82, 2.24) is 5.32 Å². The lowest BCUT2D eigenvalue weighted by Gasteiger charge is -2.23. The summed E-state index contributed by atoms with van der Waals surface area (Å²) in [6.07, 6.45) is 1.46. The van der Waals surface area contributed by atoms with E-state index in [1.807, 2.05) is 49.4 Å². The van der Waals surface area contributed by atoms with Gasteiger partial charge in [-0.15, -0.1) is 0 Å². The number of nitrogens with one attached hydrogen (secondary N) is 1. The number of benzene rings is 3. The number of hydrogen-bond acceptors (Lipinski definition) is 4. The summed E-state index contributed by atoms with van der Waals surface area (Å²) in [5.41, 5.74) is 6.88. The molecule has 0 saturated heterocycles. The van der Waals surface area contributed by atoms with E-state index in [1.54, 1.807) is 0 Å². The van der Waals surface area contributed by atoms with Crippen molar-refractivity contribution >= 4 is 11.9 Å². The molecule has 3 aromatic carbocycles. The quantitative estimate of drug-likeness (QED) is 0.293. The number of aryl methyl sites for hydroxylation is 4. The molecule has 0 heterocycles. The maximum absolute atomic E-state index is 13.7. The van der Waals surface area contributed by atoms with Crippen molar-refractivity contribution in [2.45, 2.75) is 66.5 Å². The van der Waals surface area contributed by atoms with Crippen molar-refractivity contribution in [2.24, 2.45) is 5.92 Å². The second-order valence-electron chi connectivity index (χ2n) is 10.2. The smallest absolute Gasteiger partial charge is 0.305 e. The van der Waals surface area contributed by atoms with Crippen LogP contribution >= 0.6 is 0 Å². The Morgan fingerprint density at radius 2 is 1.54 bits per heavy atom. The van der Waals surface area contributed by atoms with Crippen molar-refractivity contribution in [3.05, 3.63) is 99.6 Å². The number of amides is 1.